The van der Waals surface area contributed by atoms with Crippen LogP contribution < -0.4 is 4.90 Å². The molecule has 0 bridgehead atoms. The van der Waals surface area contributed by atoms with E-state index in [4.69, 9.17) is 24.5 Å². The molecule has 1 aliphatic carbocycles. The van der Waals surface area contributed by atoms with Gasteiger partial charge < -0.3 is 19.5 Å². The summed E-state index contributed by atoms with van der Waals surface area (Å²) in [5, 5.41) is 8.96. The van der Waals surface area contributed by atoms with Crippen LogP contribution in [0.4, 0.5) is 14.7 Å². The first-order valence-electron chi connectivity index (χ1n) is 13.3. The van der Waals surface area contributed by atoms with Crippen molar-refractivity contribution in [3.63, 3.8) is 0 Å². The highest BCUT2D eigenvalue weighted by Crippen LogP contribution is 2.31. The van der Waals surface area contributed by atoms with Gasteiger partial charge in [-0.15, -0.1) is 0 Å². The van der Waals surface area contributed by atoms with Gasteiger partial charge in [-0.2, -0.15) is 4.98 Å². The molecule has 0 radical (unpaired) electrons. The Kier molecular flexibility index (Phi) is 8.58. The number of aliphatic hydroxyl groups excluding tert-OH is 1. The van der Waals surface area contributed by atoms with Gasteiger partial charge >= 0.3 is 0 Å². The van der Waals surface area contributed by atoms with E-state index >= 15 is 0 Å². The summed E-state index contributed by atoms with van der Waals surface area (Å²) in [6.45, 7) is 2.98. The number of halogens is 2. The third-order valence-electron chi connectivity index (χ3n) is 7.34. The lowest BCUT2D eigenvalue weighted by molar-refractivity contribution is -0.000280. The molecule has 0 spiro atoms. The number of aromatic nitrogens is 4. The van der Waals surface area contributed by atoms with Gasteiger partial charge in [0.2, 0.25) is 5.95 Å². The number of aryl methyl sites for hydroxylation is 1. The number of alkyl halides is 2. The average Bonchev–Trinajstić information content (AvgIpc) is 3.33. The highest BCUT2D eigenvalue weighted by Gasteiger charge is 2.24. The van der Waals surface area contributed by atoms with Crippen LogP contribution in [0.1, 0.15) is 56.5 Å². The molecule has 2 fully saturated rings. The maximum Gasteiger partial charge on any atom is 0.296 e. The number of ether oxygens (including phenoxy) is 2. The van der Waals surface area contributed by atoms with Crippen molar-refractivity contribution >= 4 is 17.0 Å². The number of morpholine rings is 1. The molecule has 3 heterocycles. The first-order valence-corrected chi connectivity index (χ1v) is 13.3. The summed E-state index contributed by atoms with van der Waals surface area (Å²) in [7, 11) is 0. The number of nitrogens with zero attached hydrogens (tertiary/aromatic N) is 5. The number of benzene rings is 1. The summed E-state index contributed by atoms with van der Waals surface area (Å²) in [4.78, 5) is 15.8. The molecule has 1 aromatic carbocycles. The minimum atomic E-state index is -2.73. The molecule has 8 nitrogen and oxygen atoms in total. The van der Waals surface area contributed by atoms with E-state index < -0.39 is 6.43 Å². The van der Waals surface area contributed by atoms with E-state index in [1.165, 1.54) is 4.57 Å². The third kappa shape index (κ3) is 6.25. The second-order valence-corrected chi connectivity index (χ2v) is 9.84. The molecule has 3 aromatic rings. The minimum Gasteiger partial charge on any atom is -0.394 e. The van der Waals surface area contributed by atoms with Crippen molar-refractivity contribution in [1.82, 2.24) is 19.5 Å². The van der Waals surface area contributed by atoms with Crippen LogP contribution in [-0.4, -0.2) is 70.2 Å². The Labute approximate surface area is 215 Å². The van der Waals surface area contributed by atoms with Crippen molar-refractivity contribution in [3.05, 3.63) is 41.9 Å². The minimum absolute atomic E-state index is 0.0704. The lowest BCUT2D eigenvalue weighted by atomic mass is 9.84. The number of hydrogen-bond acceptors (Lipinski definition) is 7. The second kappa shape index (κ2) is 12.2. The van der Waals surface area contributed by atoms with Crippen molar-refractivity contribution < 1.29 is 23.4 Å². The van der Waals surface area contributed by atoms with Crippen LogP contribution in [0.2, 0.25) is 0 Å². The largest absolute Gasteiger partial charge is 0.394 e. The number of para-hydroxylation sites is 2. The van der Waals surface area contributed by atoms with Gasteiger partial charge in [-0.25, -0.2) is 18.7 Å². The predicted octanol–water partition coefficient (Wildman–Crippen LogP) is 4.48. The zero-order valence-corrected chi connectivity index (χ0v) is 21.1. The number of imidazole rings is 1. The second-order valence-electron chi connectivity index (χ2n) is 9.84. The van der Waals surface area contributed by atoms with Crippen molar-refractivity contribution in [2.75, 3.05) is 44.4 Å². The molecule has 0 atom stereocenters. The molecule has 1 N–H and O–H groups in total. The lowest BCUT2D eigenvalue weighted by Gasteiger charge is -2.28. The van der Waals surface area contributed by atoms with E-state index in [0.29, 0.717) is 61.6 Å². The summed E-state index contributed by atoms with van der Waals surface area (Å²) in [6, 6.07) is 9.00. The van der Waals surface area contributed by atoms with Crippen LogP contribution in [0.15, 0.2) is 30.3 Å². The van der Waals surface area contributed by atoms with Crippen LogP contribution in [0, 0.1) is 5.92 Å². The highest BCUT2D eigenvalue weighted by molar-refractivity contribution is 5.78. The Hall–Kier alpha value is -2.69. The smallest absolute Gasteiger partial charge is 0.296 e. The summed E-state index contributed by atoms with van der Waals surface area (Å²) >= 11 is 0. The maximum atomic E-state index is 14.0. The fourth-order valence-corrected chi connectivity index (χ4v) is 5.43. The first-order chi connectivity index (χ1) is 18.1. The quantitative estimate of drug-likeness (QED) is 0.426. The summed E-state index contributed by atoms with van der Waals surface area (Å²) in [6.07, 6.45) is 4.68. The third-order valence-corrected chi connectivity index (χ3v) is 7.34. The SMILES string of the molecule is OCCOC1CCC(CCCc2cc(-n3c(C(F)F)nc4ccccc43)nc(N3CCOCC3)n2)CC1. The molecule has 5 rings (SSSR count). The van der Waals surface area contributed by atoms with Crippen molar-refractivity contribution in [1.29, 1.82) is 0 Å². The maximum absolute atomic E-state index is 14.0. The van der Waals surface area contributed by atoms with Crippen molar-refractivity contribution in [2.24, 2.45) is 5.92 Å². The van der Waals surface area contributed by atoms with E-state index in [-0.39, 0.29) is 18.5 Å². The molecule has 1 saturated carbocycles. The predicted molar refractivity (Wildman–Crippen MR) is 136 cm³/mol. The Morgan fingerprint density at radius 2 is 1.84 bits per heavy atom. The first kappa shape index (κ1) is 25.9. The zero-order chi connectivity index (χ0) is 25.6. The number of fused-ring (bicyclic) bond motifs is 1. The molecule has 2 aromatic heterocycles. The van der Waals surface area contributed by atoms with Gasteiger partial charge in [-0.05, 0) is 56.6 Å². The molecular weight excluding hydrogens is 480 g/mol. The lowest BCUT2D eigenvalue weighted by Crippen LogP contribution is -2.37. The van der Waals surface area contributed by atoms with E-state index in [1.54, 1.807) is 18.2 Å². The van der Waals surface area contributed by atoms with Gasteiger partial charge in [0.05, 0.1) is 43.6 Å². The van der Waals surface area contributed by atoms with Crippen LogP contribution in [0.3, 0.4) is 0 Å². The Bertz CT molecular complexity index is 1160. The molecule has 200 valence electrons. The van der Waals surface area contributed by atoms with E-state index in [1.807, 2.05) is 12.1 Å². The number of anilines is 1. The van der Waals surface area contributed by atoms with Crippen LogP contribution >= 0.6 is 0 Å². The van der Waals surface area contributed by atoms with E-state index in [2.05, 4.69) is 9.88 Å². The van der Waals surface area contributed by atoms with Gasteiger partial charge in [-0.3, -0.25) is 4.57 Å². The molecule has 37 heavy (non-hydrogen) atoms. The molecule has 10 heteroatoms. The van der Waals surface area contributed by atoms with Crippen LogP contribution in [0.25, 0.3) is 16.9 Å². The number of hydrogen-bond donors (Lipinski definition) is 1. The van der Waals surface area contributed by atoms with Gasteiger partial charge in [0.1, 0.15) is 5.82 Å². The van der Waals surface area contributed by atoms with Gasteiger partial charge in [0.15, 0.2) is 5.82 Å². The fourth-order valence-electron chi connectivity index (χ4n) is 5.43. The fraction of sp³-hybridized carbons (Fsp3) is 0.593. The van der Waals surface area contributed by atoms with Crippen molar-refractivity contribution in [2.45, 2.75) is 57.5 Å². The van der Waals surface area contributed by atoms with E-state index in [0.717, 1.165) is 50.6 Å². The van der Waals surface area contributed by atoms with Gasteiger partial charge in [-0.1, -0.05) is 18.6 Å². The van der Waals surface area contributed by atoms with Crippen LogP contribution in [-0.2, 0) is 15.9 Å². The molecule has 2 aliphatic rings. The summed E-state index contributed by atoms with van der Waals surface area (Å²) in [5.74, 6) is 1.32. The molecule has 1 saturated heterocycles. The van der Waals surface area contributed by atoms with Crippen LogP contribution in [0.5, 0.6) is 0 Å². The topological polar surface area (TPSA) is 85.5 Å². The number of rotatable bonds is 10. The molecule has 0 amide bonds. The summed E-state index contributed by atoms with van der Waals surface area (Å²) < 4.78 is 40.7. The highest BCUT2D eigenvalue weighted by atomic mass is 19.3. The Morgan fingerprint density at radius 1 is 1.05 bits per heavy atom. The Morgan fingerprint density at radius 3 is 2.59 bits per heavy atom. The summed E-state index contributed by atoms with van der Waals surface area (Å²) in [5.41, 5.74) is 1.98. The molecule has 1 aliphatic heterocycles. The van der Waals surface area contributed by atoms with Crippen molar-refractivity contribution in [3.8, 4) is 5.82 Å². The number of aliphatic hydroxyl groups is 1. The van der Waals surface area contributed by atoms with Gasteiger partial charge in [0.25, 0.3) is 6.43 Å². The molecular formula is C27H35F2N5O3. The monoisotopic (exact) mass is 515 g/mol. The Balaban J connectivity index is 1.36. The molecule has 0 unspecified atom stereocenters. The van der Waals surface area contributed by atoms with Gasteiger partial charge in [0, 0.05) is 24.8 Å². The average molecular weight is 516 g/mol. The zero-order valence-electron chi connectivity index (χ0n) is 21.1. The van der Waals surface area contributed by atoms with E-state index in [9.17, 15) is 8.78 Å². The standard InChI is InChI=1S/C27H35F2N5O3/c28-25(29)26-31-22-6-1-2-7-23(22)34(26)24-18-20(30-27(32-24)33-12-15-36-16-13-33)5-3-4-19-8-10-21(11-9-19)37-17-14-35/h1-2,6-7,18-19,21,25,35H,3-5,8-17H2. The normalized spacial score (nSPS) is 20.7.